The maximum Gasteiger partial charge on any atom is 0.263 e. The average Bonchev–Trinajstić information content (AvgIpc) is 2.49. The van der Waals surface area contributed by atoms with E-state index in [9.17, 15) is 9.90 Å². The Morgan fingerprint density at radius 3 is 2.29 bits per heavy atom. The molecule has 0 unspecified atom stereocenters. The van der Waals surface area contributed by atoms with Gasteiger partial charge in [-0.25, -0.2) is 0 Å². The summed E-state index contributed by atoms with van der Waals surface area (Å²) in [4.78, 5) is 12.4. The number of hydrogen-bond donors (Lipinski definition) is 2. The van der Waals surface area contributed by atoms with Crippen LogP contribution in [0.15, 0.2) is 36.4 Å². The van der Waals surface area contributed by atoms with Gasteiger partial charge in [-0.3, -0.25) is 4.79 Å². The number of anilines is 1. The van der Waals surface area contributed by atoms with Crippen LogP contribution < -0.4 is 14.8 Å². The quantitative estimate of drug-likeness (QED) is 0.850. The first-order valence-electron chi connectivity index (χ1n) is 6.07. The van der Waals surface area contributed by atoms with Crippen LogP contribution in [0.2, 0.25) is 5.02 Å². The highest BCUT2D eigenvalue weighted by Gasteiger charge is 2.18. The van der Waals surface area contributed by atoms with Crippen molar-refractivity contribution in [2.75, 3.05) is 19.5 Å². The van der Waals surface area contributed by atoms with Crippen LogP contribution in [0.25, 0.3) is 0 Å². The molecule has 110 valence electrons. The number of ether oxygens (including phenoxy) is 2. The second kappa shape index (κ2) is 6.37. The Bertz CT molecular complexity index is 650. The molecule has 6 heteroatoms. The van der Waals surface area contributed by atoms with Gasteiger partial charge in [0, 0.05) is 5.69 Å². The maximum absolute atomic E-state index is 12.4. The summed E-state index contributed by atoms with van der Waals surface area (Å²) < 4.78 is 10.4. The lowest BCUT2D eigenvalue weighted by atomic mass is 10.1. The van der Waals surface area contributed by atoms with Crippen molar-refractivity contribution in [2.45, 2.75) is 0 Å². The number of rotatable bonds is 4. The lowest BCUT2D eigenvalue weighted by molar-refractivity contribution is 0.102. The van der Waals surface area contributed by atoms with Crippen molar-refractivity contribution in [1.82, 2.24) is 0 Å². The zero-order valence-corrected chi connectivity index (χ0v) is 12.3. The molecule has 0 aliphatic rings. The van der Waals surface area contributed by atoms with E-state index in [1.54, 1.807) is 24.3 Å². The Morgan fingerprint density at radius 2 is 1.76 bits per heavy atom. The highest BCUT2D eigenvalue weighted by atomic mass is 35.5. The molecule has 21 heavy (non-hydrogen) atoms. The molecule has 2 aromatic rings. The first kappa shape index (κ1) is 15.0. The van der Waals surface area contributed by atoms with Gasteiger partial charge in [0.25, 0.3) is 5.91 Å². The Kier molecular flexibility index (Phi) is 4.55. The summed E-state index contributed by atoms with van der Waals surface area (Å²) >= 11 is 5.81. The van der Waals surface area contributed by atoms with Crippen molar-refractivity contribution in [3.8, 4) is 17.2 Å². The number of amides is 1. The van der Waals surface area contributed by atoms with Crippen LogP contribution in [0.3, 0.4) is 0 Å². The molecular weight excluding hydrogens is 294 g/mol. The van der Waals surface area contributed by atoms with Crippen LogP contribution in [-0.4, -0.2) is 25.2 Å². The lowest BCUT2D eigenvalue weighted by Gasteiger charge is -2.13. The molecule has 0 spiro atoms. The zero-order valence-electron chi connectivity index (χ0n) is 11.5. The highest BCUT2D eigenvalue weighted by Crippen LogP contribution is 2.30. The summed E-state index contributed by atoms with van der Waals surface area (Å²) in [6.07, 6.45) is 0. The monoisotopic (exact) mass is 307 g/mol. The fraction of sp³-hybridized carbons (Fsp3) is 0.133. The third-order valence-electron chi connectivity index (χ3n) is 2.86. The fourth-order valence-electron chi connectivity index (χ4n) is 1.85. The predicted octanol–water partition coefficient (Wildman–Crippen LogP) is 3.32. The summed E-state index contributed by atoms with van der Waals surface area (Å²) in [6, 6.07) is 9.46. The second-order valence-electron chi connectivity index (χ2n) is 4.16. The maximum atomic E-state index is 12.4. The minimum absolute atomic E-state index is 0.0514. The molecule has 0 aliphatic heterocycles. The van der Waals surface area contributed by atoms with Crippen molar-refractivity contribution < 1.29 is 19.4 Å². The van der Waals surface area contributed by atoms with Gasteiger partial charge in [0.05, 0.1) is 19.2 Å². The molecule has 0 aromatic heterocycles. The van der Waals surface area contributed by atoms with Crippen LogP contribution in [0, 0.1) is 0 Å². The minimum atomic E-state index is -0.397. The topological polar surface area (TPSA) is 67.8 Å². The van der Waals surface area contributed by atoms with E-state index >= 15 is 0 Å². The molecule has 1 amide bonds. The average molecular weight is 308 g/mol. The molecule has 2 N–H and O–H groups in total. The zero-order chi connectivity index (χ0) is 15.4. The molecule has 0 aliphatic carbocycles. The Hall–Kier alpha value is -2.40. The van der Waals surface area contributed by atoms with Gasteiger partial charge >= 0.3 is 0 Å². The third kappa shape index (κ3) is 3.20. The first-order chi connectivity index (χ1) is 10.1. The lowest BCUT2D eigenvalue weighted by Crippen LogP contribution is -2.14. The molecule has 0 atom stereocenters. The number of phenolic OH excluding ortho intramolecular Hbond substituents is 1. The van der Waals surface area contributed by atoms with Gasteiger partial charge in [0.15, 0.2) is 0 Å². The highest BCUT2D eigenvalue weighted by molar-refractivity contribution is 6.32. The Labute approximate surface area is 127 Å². The van der Waals surface area contributed by atoms with E-state index in [0.29, 0.717) is 17.2 Å². The number of nitrogens with one attached hydrogen (secondary N) is 1. The van der Waals surface area contributed by atoms with E-state index in [2.05, 4.69) is 5.32 Å². The summed E-state index contributed by atoms with van der Waals surface area (Å²) in [5.41, 5.74) is 0.738. The number of carbonyl (C=O) groups is 1. The molecule has 0 radical (unpaired) electrons. The number of aromatic hydroxyl groups is 1. The van der Waals surface area contributed by atoms with E-state index < -0.39 is 5.91 Å². The molecule has 2 rings (SSSR count). The van der Waals surface area contributed by atoms with Gasteiger partial charge in [-0.15, -0.1) is 0 Å². The number of benzene rings is 2. The van der Waals surface area contributed by atoms with Crippen molar-refractivity contribution in [3.05, 3.63) is 47.0 Å². The van der Waals surface area contributed by atoms with Gasteiger partial charge in [-0.2, -0.15) is 0 Å². The van der Waals surface area contributed by atoms with Crippen molar-refractivity contribution in [3.63, 3.8) is 0 Å². The van der Waals surface area contributed by atoms with E-state index in [-0.39, 0.29) is 16.3 Å². The van der Waals surface area contributed by atoms with Crippen LogP contribution in [0.1, 0.15) is 10.4 Å². The number of methoxy groups -OCH3 is 2. The summed E-state index contributed by atoms with van der Waals surface area (Å²) in [5.74, 6) is 0.351. The van der Waals surface area contributed by atoms with Crippen molar-refractivity contribution >= 4 is 23.2 Å². The molecule has 0 heterocycles. The largest absolute Gasteiger partial charge is 0.506 e. The normalized spacial score (nSPS) is 10.0. The second-order valence-corrected chi connectivity index (χ2v) is 4.57. The predicted molar refractivity (Wildman–Crippen MR) is 80.6 cm³/mol. The smallest absolute Gasteiger partial charge is 0.263 e. The van der Waals surface area contributed by atoms with Gasteiger partial charge in [-0.1, -0.05) is 17.7 Å². The van der Waals surface area contributed by atoms with Gasteiger partial charge in [0.1, 0.15) is 22.8 Å². The van der Waals surface area contributed by atoms with E-state index in [4.69, 9.17) is 21.1 Å². The summed E-state index contributed by atoms with van der Waals surface area (Å²) in [7, 11) is 2.95. The molecule has 2 aromatic carbocycles. The molecule has 0 bridgehead atoms. The molecular formula is C15H14ClNO4. The first-order valence-corrected chi connectivity index (χ1v) is 6.45. The molecule has 0 saturated heterocycles. The van der Waals surface area contributed by atoms with Gasteiger partial charge < -0.3 is 19.9 Å². The standard InChI is InChI=1S/C15H14ClNO4/c1-20-12-4-3-5-13(21-2)14(12)15(19)17-9-6-7-11(18)10(16)8-9/h3-8,18H,1-2H3,(H,17,19). The van der Waals surface area contributed by atoms with E-state index in [1.807, 2.05) is 0 Å². The molecule has 0 saturated carbocycles. The Morgan fingerprint density at radius 1 is 1.14 bits per heavy atom. The summed E-state index contributed by atoms with van der Waals surface area (Å²) in [5, 5.41) is 12.2. The van der Waals surface area contributed by atoms with Gasteiger partial charge in [0.2, 0.25) is 0 Å². The fourth-order valence-corrected chi connectivity index (χ4v) is 2.03. The van der Waals surface area contributed by atoms with Crippen LogP contribution >= 0.6 is 11.6 Å². The number of phenols is 1. The van der Waals surface area contributed by atoms with E-state index in [1.165, 1.54) is 26.4 Å². The van der Waals surface area contributed by atoms with Crippen molar-refractivity contribution in [1.29, 1.82) is 0 Å². The SMILES string of the molecule is COc1cccc(OC)c1C(=O)Nc1ccc(O)c(Cl)c1. The number of carbonyl (C=O) groups excluding carboxylic acids is 1. The van der Waals surface area contributed by atoms with Crippen LogP contribution in [0.5, 0.6) is 17.2 Å². The Balaban J connectivity index is 2.34. The molecule has 5 nitrogen and oxygen atoms in total. The van der Waals surface area contributed by atoms with Crippen LogP contribution in [0.4, 0.5) is 5.69 Å². The van der Waals surface area contributed by atoms with E-state index in [0.717, 1.165) is 0 Å². The summed E-state index contributed by atoms with van der Waals surface area (Å²) in [6.45, 7) is 0. The van der Waals surface area contributed by atoms with Crippen molar-refractivity contribution in [2.24, 2.45) is 0 Å². The number of hydrogen-bond acceptors (Lipinski definition) is 4. The minimum Gasteiger partial charge on any atom is -0.506 e. The number of halogens is 1. The van der Waals surface area contributed by atoms with Crippen LogP contribution in [-0.2, 0) is 0 Å². The third-order valence-corrected chi connectivity index (χ3v) is 3.16. The van der Waals surface area contributed by atoms with Gasteiger partial charge in [-0.05, 0) is 30.3 Å². The molecule has 0 fully saturated rings.